The molecule has 0 radical (unpaired) electrons. The van der Waals surface area contributed by atoms with Crippen LogP contribution in [0.1, 0.15) is 46.0 Å². The highest BCUT2D eigenvalue weighted by Crippen LogP contribution is 2.26. The molecule has 0 heterocycles. The summed E-state index contributed by atoms with van der Waals surface area (Å²) < 4.78 is 4.85. The van der Waals surface area contributed by atoms with Gasteiger partial charge in [0.1, 0.15) is 0 Å². The number of carbonyl (C=O) groups is 1. The van der Waals surface area contributed by atoms with Gasteiger partial charge in [0.05, 0.1) is 6.61 Å². The topological polar surface area (TPSA) is 38.3 Å². The first-order valence-corrected chi connectivity index (χ1v) is 5.69. The van der Waals surface area contributed by atoms with Crippen molar-refractivity contribution in [2.45, 2.75) is 52.0 Å². The Bertz CT molecular complexity index is 174. The summed E-state index contributed by atoms with van der Waals surface area (Å²) in [6, 6.07) is 0.344. The molecule has 1 amide bonds. The normalized spacial score (nSPS) is 27.0. The van der Waals surface area contributed by atoms with Gasteiger partial charge in [-0.3, -0.25) is 0 Å². The summed E-state index contributed by atoms with van der Waals surface area (Å²) in [6.45, 7) is 4.52. The van der Waals surface area contributed by atoms with Crippen molar-refractivity contribution < 1.29 is 9.53 Å². The molecule has 3 heteroatoms. The van der Waals surface area contributed by atoms with Crippen LogP contribution in [0.3, 0.4) is 0 Å². The first kappa shape index (κ1) is 11.3. The van der Waals surface area contributed by atoms with E-state index in [0.29, 0.717) is 12.6 Å². The maximum absolute atomic E-state index is 11.1. The van der Waals surface area contributed by atoms with Crippen LogP contribution in [0.4, 0.5) is 4.79 Å². The Morgan fingerprint density at radius 3 is 2.43 bits per heavy atom. The molecule has 0 atom stereocenters. The van der Waals surface area contributed by atoms with Crippen molar-refractivity contribution in [3.05, 3.63) is 0 Å². The lowest BCUT2D eigenvalue weighted by Crippen LogP contribution is -2.37. The largest absolute Gasteiger partial charge is 0.450 e. The molecule has 0 aromatic heterocycles. The van der Waals surface area contributed by atoms with E-state index in [1.165, 1.54) is 19.3 Å². The van der Waals surface area contributed by atoms with Gasteiger partial charge in [0, 0.05) is 6.04 Å². The lowest BCUT2D eigenvalue weighted by atomic mass is 9.85. The third-order valence-electron chi connectivity index (χ3n) is 3.02. The van der Waals surface area contributed by atoms with E-state index in [0.717, 1.165) is 18.8 Å². The smallest absolute Gasteiger partial charge is 0.407 e. The van der Waals surface area contributed by atoms with Crippen molar-refractivity contribution in [2.75, 3.05) is 6.61 Å². The molecule has 0 saturated heterocycles. The number of amides is 1. The monoisotopic (exact) mass is 199 g/mol. The van der Waals surface area contributed by atoms with Crippen LogP contribution < -0.4 is 5.32 Å². The van der Waals surface area contributed by atoms with Crippen LogP contribution in [-0.2, 0) is 4.74 Å². The van der Waals surface area contributed by atoms with E-state index < -0.39 is 0 Å². The number of nitrogens with one attached hydrogen (secondary N) is 1. The number of ether oxygens (including phenoxy) is 1. The molecule has 1 fully saturated rings. The summed E-state index contributed by atoms with van der Waals surface area (Å²) in [7, 11) is 0. The van der Waals surface area contributed by atoms with Crippen LogP contribution in [0.15, 0.2) is 0 Å². The number of hydrogen-bond donors (Lipinski definition) is 1. The number of rotatable bonds is 3. The summed E-state index contributed by atoms with van der Waals surface area (Å²) in [5, 5.41) is 2.90. The van der Waals surface area contributed by atoms with Gasteiger partial charge in [-0.15, -0.1) is 0 Å². The minimum Gasteiger partial charge on any atom is -0.450 e. The Morgan fingerprint density at radius 1 is 1.29 bits per heavy atom. The molecule has 0 unspecified atom stereocenters. The third-order valence-corrected chi connectivity index (χ3v) is 3.02. The molecule has 0 aromatic rings. The molecule has 0 aromatic carbocycles. The van der Waals surface area contributed by atoms with Crippen LogP contribution in [0.5, 0.6) is 0 Å². The Morgan fingerprint density at radius 2 is 1.93 bits per heavy atom. The van der Waals surface area contributed by atoms with Crippen LogP contribution in [0.25, 0.3) is 0 Å². The highest BCUT2D eigenvalue weighted by atomic mass is 16.5. The molecule has 0 bridgehead atoms. The van der Waals surface area contributed by atoms with Crippen LogP contribution >= 0.6 is 0 Å². The fraction of sp³-hybridized carbons (Fsp3) is 0.909. The van der Waals surface area contributed by atoms with Gasteiger partial charge in [-0.25, -0.2) is 4.79 Å². The second-order valence-corrected chi connectivity index (χ2v) is 3.99. The lowest BCUT2D eigenvalue weighted by Gasteiger charge is -2.27. The summed E-state index contributed by atoms with van der Waals surface area (Å²) >= 11 is 0. The van der Waals surface area contributed by atoms with E-state index in [1.54, 1.807) is 0 Å². The van der Waals surface area contributed by atoms with Crippen molar-refractivity contribution in [2.24, 2.45) is 5.92 Å². The molecule has 82 valence electrons. The van der Waals surface area contributed by atoms with Crippen LogP contribution in [0.2, 0.25) is 0 Å². The molecular formula is C11H21NO2. The van der Waals surface area contributed by atoms with Gasteiger partial charge in [-0.05, 0) is 38.5 Å². The molecule has 0 spiro atoms. The average Bonchev–Trinajstić information content (AvgIpc) is 2.19. The highest BCUT2D eigenvalue weighted by Gasteiger charge is 2.21. The van der Waals surface area contributed by atoms with Gasteiger partial charge in [-0.2, -0.15) is 0 Å². The van der Waals surface area contributed by atoms with Crippen molar-refractivity contribution >= 4 is 6.09 Å². The molecule has 14 heavy (non-hydrogen) atoms. The molecule has 3 nitrogen and oxygen atoms in total. The van der Waals surface area contributed by atoms with E-state index >= 15 is 0 Å². The fourth-order valence-corrected chi connectivity index (χ4v) is 2.05. The maximum atomic E-state index is 11.1. The standard InChI is InChI=1S/C11H21NO2/c1-3-9-5-7-10(8-6-9)12-11(13)14-4-2/h9-10H,3-8H2,1-2H3,(H,12,13). The zero-order chi connectivity index (χ0) is 10.4. The first-order chi connectivity index (χ1) is 6.76. The van der Waals surface area contributed by atoms with Crippen molar-refractivity contribution in [3.63, 3.8) is 0 Å². The first-order valence-electron chi connectivity index (χ1n) is 5.69. The van der Waals surface area contributed by atoms with Crippen molar-refractivity contribution in [3.8, 4) is 0 Å². The molecular weight excluding hydrogens is 178 g/mol. The SMILES string of the molecule is CCOC(=O)NC1CCC(CC)CC1. The number of hydrogen-bond acceptors (Lipinski definition) is 2. The molecule has 1 aliphatic carbocycles. The van der Waals surface area contributed by atoms with E-state index in [9.17, 15) is 4.79 Å². The van der Waals surface area contributed by atoms with E-state index in [2.05, 4.69) is 12.2 Å². The Kier molecular flexibility index (Phi) is 4.77. The average molecular weight is 199 g/mol. The summed E-state index contributed by atoms with van der Waals surface area (Å²) in [6.07, 6.45) is 5.72. The van der Waals surface area contributed by atoms with Crippen LogP contribution in [0, 0.1) is 5.92 Å². The zero-order valence-corrected chi connectivity index (χ0v) is 9.21. The van der Waals surface area contributed by atoms with Gasteiger partial charge in [0.25, 0.3) is 0 Å². The maximum Gasteiger partial charge on any atom is 0.407 e. The quantitative estimate of drug-likeness (QED) is 0.759. The number of alkyl carbamates (subject to hydrolysis) is 1. The lowest BCUT2D eigenvalue weighted by molar-refractivity contribution is 0.143. The molecule has 1 rings (SSSR count). The second-order valence-electron chi connectivity index (χ2n) is 3.99. The van der Waals surface area contributed by atoms with Gasteiger partial charge in [0.15, 0.2) is 0 Å². The predicted molar refractivity (Wildman–Crippen MR) is 56.2 cm³/mol. The van der Waals surface area contributed by atoms with Crippen LogP contribution in [-0.4, -0.2) is 18.7 Å². The van der Waals surface area contributed by atoms with Gasteiger partial charge in [-0.1, -0.05) is 13.3 Å². The minimum atomic E-state index is -0.257. The third kappa shape index (κ3) is 3.56. The Labute approximate surface area is 86.2 Å². The summed E-state index contributed by atoms with van der Waals surface area (Å²) in [5.74, 6) is 0.871. The molecule has 1 saturated carbocycles. The molecule has 1 N–H and O–H groups in total. The minimum absolute atomic E-state index is 0.257. The Hall–Kier alpha value is -0.730. The molecule has 1 aliphatic rings. The fourth-order valence-electron chi connectivity index (χ4n) is 2.05. The highest BCUT2D eigenvalue weighted by molar-refractivity contribution is 5.67. The van der Waals surface area contributed by atoms with E-state index in [4.69, 9.17) is 4.74 Å². The van der Waals surface area contributed by atoms with E-state index in [1.807, 2.05) is 6.92 Å². The van der Waals surface area contributed by atoms with Gasteiger partial charge < -0.3 is 10.1 Å². The predicted octanol–water partition coefficient (Wildman–Crippen LogP) is 2.70. The summed E-state index contributed by atoms with van der Waals surface area (Å²) in [5.41, 5.74) is 0. The van der Waals surface area contributed by atoms with E-state index in [-0.39, 0.29) is 6.09 Å². The van der Waals surface area contributed by atoms with Crippen molar-refractivity contribution in [1.29, 1.82) is 0 Å². The second kappa shape index (κ2) is 5.89. The zero-order valence-electron chi connectivity index (χ0n) is 9.21. The Balaban J connectivity index is 2.18. The molecule has 0 aliphatic heterocycles. The van der Waals surface area contributed by atoms with Gasteiger partial charge >= 0.3 is 6.09 Å². The number of carbonyl (C=O) groups excluding carboxylic acids is 1. The van der Waals surface area contributed by atoms with Gasteiger partial charge in [0.2, 0.25) is 0 Å². The summed E-state index contributed by atoms with van der Waals surface area (Å²) in [4.78, 5) is 11.1. The van der Waals surface area contributed by atoms with Crippen molar-refractivity contribution in [1.82, 2.24) is 5.32 Å².